The van der Waals surface area contributed by atoms with Crippen molar-refractivity contribution in [3.8, 4) is 5.75 Å². The van der Waals surface area contributed by atoms with Gasteiger partial charge in [-0.2, -0.15) is 0 Å². The minimum atomic E-state index is -2.93. The number of Topliss-reactive ketones (excluding diaryl/α,β-unsaturated/α-hetero) is 2. The number of carbonyl (C=O) groups is 3. The molecule has 6 atom stereocenters. The molecule has 0 saturated carbocycles. The summed E-state index contributed by atoms with van der Waals surface area (Å²) >= 11 is 0. The van der Waals surface area contributed by atoms with Crippen LogP contribution < -0.4 is 11.1 Å². The van der Waals surface area contributed by atoms with Crippen LogP contribution in [0, 0.1) is 17.3 Å². The van der Waals surface area contributed by atoms with E-state index in [0.29, 0.717) is 17.7 Å². The Kier molecular flexibility index (Phi) is 6.96. The molecule has 11 heteroatoms. The number of likely N-dealkylation sites (N-methyl/N-ethyl adjacent to an activating group) is 1. The van der Waals surface area contributed by atoms with Crippen molar-refractivity contribution < 1.29 is 39.9 Å². The van der Waals surface area contributed by atoms with Gasteiger partial charge >= 0.3 is 0 Å². The molecule has 4 rings (SSSR count). The molecule has 0 heterocycles. The number of primary amides is 1. The fourth-order valence-electron chi connectivity index (χ4n) is 6.38. The largest absolute Gasteiger partial charge is 0.510 e. The highest BCUT2D eigenvalue weighted by Crippen LogP contribution is 2.55. The molecule has 11 nitrogen and oxygen atoms in total. The lowest BCUT2D eigenvalue weighted by Gasteiger charge is -2.53. The van der Waals surface area contributed by atoms with Crippen molar-refractivity contribution in [2.75, 3.05) is 20.6 Å². The number of aliphatic hydroxyl groups excluding tert-OH is 3. The van der Waals surface area contributed by atoms with Gasteiger partial charge in [-0.05, 0) is 31.0 Å². The van der Waals surface area contributed by atoms with Gasteiger partial charge in [-0.15, -0.1) is 0 Å². The number of rotatable bonds is 5. The van der Waals surface area contributed by atoms with E-state index < -0.39 is 75.6 Å². The van der Waals surface area contributed by atoms with Crippen LogP contribution in [0.5, 0.6) is 5.75 Å². The van der Waals surface area contributed by atoms with Crippen LogP contribution in [-0.4, -0.2) is 86.3 Å². The Hall–Kier alpha value is -3.25. The van der Waals surface area contributed by atoms with Crippen LogP contribution in [0.25, 0.3) is 0 Å². The van der Waals surface area contributed by atoms with E-state index in [1.807, 2.05) is 20.8 Å². The Balaban J connectivity index is 1.90. The van der Waals surface area contributed by atoms with Gasteiger partial charge in [0.25, 0.3) is 5.91 Å². The van der Waals surface area contributed by atoms with Gasteiger partial charge in [0.2, 0.25) is 5.78 Å². The number of nitrogens with one attached hydrogen (secondary N) is 1. The van der Waals surface area contributed by atoms with Crippen LogP contribution >= 0.6 is 0 Å². The van der Waals surface area contributed by atoms with E-state index in [4.69, 9.17) is 5.73 Å². The average Bonchev–Trinajstić information content (AvgIpc) is 2.81. The van der Waals surface area contributed by atoms with Crippen LogP contribution in [0.15, 0.2) is 34.8 Å². The predicted octanol–water partition coefficient (Wildman–Crippen LogP) is 0.788. The number of aliphatic hydroxyl groups is 4. The number of phenols is 1. The molecule has 1 amide bonds. The van der Waals surface area contributed by atoms with Crippen molar-refractivity contribution >= 4 is 17.5 Å². The molecule has 8 N–H and O–H groups in total. The van der Waals surface area contributed by atoms with Gasteiger partial charge in [-0.3, -0.25) is 19.3 Å². The monoisotopic (exact) mass is 543 g/mol. The highest BCUT2D eigenvalue weighted by molar-refractivity contribution is 6.25. The number of fused-ring (bicyclic) bond motifs is 3. The van der Waals surface area contributed by atoms with Crippen LogP contribution in [0.4, 0.5) is 0 Å². The van der Waals surface area contributed by atoms with Gasteiger partial charge in [0.15, 0.2) is 11.4 Å². The zero-order valence-electron chi connectivity index (χ0n) is 22.9. The van der Waals surface area contributed by atoms with E-state index in [9.17, 15) is 39.9 Å². The van der Waals surface area contributed by atoms with Gasteiger partial charge in [0.05, 0.1) is 23.6 Å². The van der Waals surface area contributed by atoms with E-state index in [1.165, 1.54) is 19.0 Å². The summed E-state index contributed by atoms with van der Waals surface area (Å²) in [7, 11) is 2.99. The smallest absolute Gasteiger partial charge is 0.255 e. The van der Waals surface area contributed by atoms with Crippen LogP contribution in [0.2, 0.25) is 0 Å². The van der Waals surface area contributed by atoms with Crippen molar-refractivity contribution in [2.45, 2.75) is 57.9 Å². The van der Waals surface area contributed by atoms with Gasteiger partial charge < -0.3 is 36.6 Å². The highest BCUT2D eigenvalue weighted by Gasteiger charge is 2.67. The van der Waals surface area contributed by atoms with Gasteiger partial charge in [-0.25, -0.2) is 0 Å². The number of hydrogen-bond acceptors (Lipinski definition) is 10. The third-order valence-corrected chi connectivity index (χ3v) is 8.19. The fraction of sp³-hybridized carbons (Fsp3) is 0.536. The maximum absolute atomic E-state index is 13.9. The summed E-state index contributed by atoms with van der Waals surface area (Å²) in [6.45, 7) is 8.74. The predicted molar refractivity (Wildman–Crippen MR) is 141 cm³/mol. The maximum atomic E-state index is 13.9. The van der Waals surface area contributed by atoms with Crippen LogP contribution in [0.1, 0.15) is 55.1 Å². The van der Waals surface area contributed by atoms with Crippen LogP contribution in [0.3, 0.4) is 0 Å². The number of ketones is 2. The fourth-order valence-corrected chi connectivity index (χ4v) is 6.38. The van der Waals surface area contributed by atoms with E-state index in [2.05, 4.69) is 5.32 Å². The SMILES string of the molecule is C[C@@H]1c2ccc(CNCC(C)(C)C)c(O)c2C(=O)C2=C(O)[C@@]3(O)C(=O)C(C(N)=O)=C(O)[C@@H](N(C)C)[C@@H]3[C@H](O)[C@H]21. The first-order chi connectivity index (χ1) is 18.0. The lowest BCUT2D eigenvalue weighted by Crippen LogP contribution is -2.68. The van der Waals surface area contributed by atoms with Gasteiger partial charge in [0.1, 0.15) is 22.8 Å². The molecule has 1 aromatic rings. The number of benzene rings is 1. The highest BCUT2D eigenvalue weighted by atomic mass is 16.4. The molecule has 0 bridgehead atoms. The third-order valence-electron chi connectivity index (χ3n) is 8.19. The Labute approximate surface area is 226 Å². The Morgan fingerprint density at radius 3 is 2.31 bits per heavy atom. The molecule has 212 valence electrons. The summed E-state index contributed by atoms with van der Waals surface area (Å²) in [6.07, 6.45) is -1.61. The number of nitrogens with two attached hydrogens (primary N) is 1. The third kappa shape index (κ3) is 4.15. The van der Waals surface area contributed by atoms with Gasteiger partial charge in [-0.1, -0.05) is 39.8 Å². The molecular formula is C28H37N3O8. The first kappa shape index (κ1) is 28.8. The Morgan fingerprint density at radius 1 is 1.15 bits per heavy atom. The van der Waals surface area contributed by atoms with Crippen molar-refractivity contribution in [3.05, 3.63) is 51.5 Å². The molecule has 0 aromatic heterocycles. The molecule has 0 aliphatic heterocycles. The molecule has 1 aromatic carbocycles. The molecular weight excluding hydrogens is 506 g/mol. The first-order valence-electron chi connectivity index (χ1n) is 12.8. The Morgan fingerprint density at radius 2 is 1.77 bits per heavy atom. The quantitative estimate of drug-likeness (QED) is 0.261. The lowest BCUT2D eigenvalue weighted by molar-refractivity contribution is -0.162. The molecule has 0 fully saturated rings. The van der Waals surface area contributed by atoms with E-state index in [-0.39, 0.29) is 23.3 Å². The van der Waals surface area contributed by atoms with Crippen molar-refractivity contribution in [2.24, 2.45) is 23.0 Å². The summed E-state index contributed by atoms with van der Waals surface area (Å²) in [6, 6.07) is 2.08. The minimum absolute atomic E-state index is 0.0220. The number of nitrogens with zero attached hydrogens (tertiary/aromatic N) is 1. The molecule has 0 saturated heterocycles. The summed E-state index contributed by atoms with van der Waals surface area (Å²) in [4.78, 5) is 40.8. The summed E-state index contributed by atoms with van der Waals surface area (Å²) < 4.78 is 0. The van der Waals surface area contributed by atoms with Crippen LogP contribution in [-0.2, 0) is 16.1 Å². The molecule has 0 unspecified atom stereocenters. The van der Waals surface area contributed by atoms with Crippen molar-refractivity contribution in [3.63, 3.8) is 0 Å². The summed E-state index contributed by atoms with van der Waals surface area (Å²) in [5, 5.41) is 60.0. The zero-order valence-corrected chi connectivity index (χ0v) is 22.9. The zero-order chi connectivity index (χ0) is 29.4. The van der Waals surface area contributed by atoms with E-state index in [1.54, 1.807) is 19.1 Å². The lowest BCUT2D eigenvalue weighted by atomic mass is 9.55. The molecule has 39 heavy (non-hydrogen) atoms. The van der Waals surface area contributed by atoms with Crippen molar-refractivity contribution in [1.82, 2.24) is 10.2 Å². The minimum Gasteiger partial charge on any atom is -0.510 e. The van der Waals surface area contributed by atoms with Gasteiger partial charge in [0, 0.05) is 30.1 Å². The number of amides is 1. The topological polar surface area (TPSA) is 194 Å². The second-order valence-corrected chi connectivity index (χ2v) is 12.3. The van der Waals surface area contributed by atoms with E-state index >= 15 is 0 Å². The average molecular weight is 544 g/mol. The molecule has 3 aliphatic rings. The number of phenolic OH excluding ortho intramolecular Hbond substituents is 1. The molecule has 0 radical (unpaired) electrons. The van der Waals surface area contributed by atoms with Crippen molar-refractivity contribution in [1.29, 1.82) is 0 Å². The number of aromatic hydroxyl groups is 1. The van der Waals surface area contributed by atoms with E-state index in [0.717, 1.165) is 0 Å². The normalized spacial score (nSPS) is 30.8. The number of hydrogen-bond donors (Lipinski definition) is 7. The molecule has 0 spiro atoms. The standard InChI is InChI=1S/C28H37N3O8/c1-11-13-8-7-12(9-30-10-27(2,3)4)20(32)15(13)21(33)16-14(11)22(34)18-19(31(5)6)23(35)17(26(29)38)25(37)28(18,39)24(16)36/h7-8,11,14,18-19,22,30,32,34-36,39H,9-10H2,1-6H3,(H2,29,38)/t11-,14+,18-,19+,22-,28-/m1/s1. The summed E-state index contributed by atoms with van der Waals surface area (Å²) in [5.74, 6) is -8.91. The molecule has 3 aliphatic carbocycles. The number of carbonyl (C=O) groups excluding carboxylic acids is 3. The second kappa shape index (κ2) is 9.44. The second-order valence-electron chi connectivity index (χ2n) is 12.3. The first-order valence-corrected chi connectivity index (χ1v) is 12.8. The maximum Gasteiger partial charge on any atom is 0.255 e. The Bertz CT molecular complexity index is 1320. The summed E-state index contributed by atoms with van der Waals surface area (Å²) in [5.41, 5.74) is 1.84.